The van der Waals surface area contributed by atoms with Crippen LogP contribution in [-0.4, -0.2) is 42.2 Å². The number of amides is 2. The third-order valence-electron chi connectivity index (χ3n) is 5.03. The number of carbonyl (C=O) groups excluding carboxylic acids is 1. The van der Waals surface area contributed by atoms with Crippen molar-refractivity contribution >= 4 is 34.3 Å². The van der Waals surface area contributed by atoms with Gasteiger partial charge in [-0.25, -0.2) is 14.2 Å². The number of nitrogens with zero attached hydrogens (tertiary/aromatic N) is 2. The molecule has 1 aromatic carbocycles. The Morgan fingerprint density at radius 1 is 1.06 bits per heavy atom. The molecule has 2 amide bonds. The molecule has 4 rings (SSSR count). The highest BCUT2D eigenvalue weighted by molar-refractivity contribution is 6.05. The molecule has 2 aromatic heterocycles. The van der Waals surface area contributed by atoms with E-state index in [0.29, 0.717) is 22.5 Å². The number of carbonyl (C=O) groups is 1. The maximum absolute atomic E-state index is 14.0. The lowest BCUT2D eigenvalue weighted by molar-refractivity contribution is 0.221. The Kier molecular flexibility index (Phi) is 7.12. The lowest BCUT2D eigenvalue weighted by Gasteiger charge is -2.28. The Balaban J connectivity index is 0.00000132. The number of halogens is 1. The van der Waals surface area contributed by atoms with Gasteiger partial charge in [-0.05, 0) is 43.7 Å². The van der Waals surface area contributed by atoms with Crippen LogP contribution in [0, 0.1) is 0 Å². The summed E-state index contributed by atoms with van der Waals surface area (Å²) >= 11 is 0. The van der Waals surface area contributed by atoms with Crippen LogP contribution in [0.25, 0.3) is 11.0 Å². The molecule has 0 unspecified atom stereocenters. The third-order valence-corrected chi connectivity index (χ3v) is 5.03. The maximum Gasteiger partial charge on any atom is 0.323 e. The summed E-state index contributed by atoms with van der Waals surface area (Å²) in [4.78, 5) is 22.5. The van der Waals surface area contributed by atoms with Gasteiger partial charge in [-0.1, -0.05) is 26.0 Å². The minimum Gasteiger partial charge on any atom is -0.358 e. The number of H-pyrrole nitrogens is 1. The number of hydrogen-bond donors (Lipinski definition) is 4. The van der Waals surface area contributed by atoms with Gasteiger partial charge >= 0.3 is 6.03 Å². The molecule has 3 aromatic rings. The van der Waals surface area contributed by atoms with E-state index >= 15 is 0 Å². The maximum atomic E-state index is 14.0. The number of hydrogen-bond acceptors (Lipinski definition) is 4. The van der Waals surface area contributed by atoms with Crippen LogP contribution in [0.2, 0.25) is 0 Å². The van der Waals surface area contributed by atoms with Crippen molar-refractivity contribution in [2.75, 3.05) is 41.7 Å². The number of aromatic nitrogens is 2. The second-order valence-corrected chi connectivity index (χ2v) is 7.63. The molecule has 8 heteroatoms. The molecule has 31 heavy (non-hydrogen) atoms. The Labute approximate surface area is 182 Å². The number of benzene rings is 1. The summed E-state index contributed by atoms with van der Waals surface area (Å²) in [5.74, 6) is 0.895. The number of alkyl halides is 1. The average molecular weight is 427 g/mol. The number of nitrogens with one attached hydrogen (secondary N) is 4. The van der Waals surface area contributed by atoms with Gasteiger partial charge in [-0.2, -0.15) is 0 Å². The molecule has 1 aliphatic rings. The van der Waals surface area contributed by atoms with Crippen molar-refractivity contribution in [3.8, 4) is 0 Å². The van der Waals surface area contributed by atoms with Gasteiger partial charge in [0.05, 0.1) is 11.2 Å². The van der Waals surface area contributed by atoms with Crippen LogP contribution in [0.5, 0.6) is 0 Å². The van der Waals surface area contributed by atoms with Crippen molar-refractivity contribution in [3.63, 3.8) is 0 Å². The molecule has 0 aliphatic carbocycles. The Morgan fingerprint density at radius 3 is 2.39 bits per heavy atom. The molecule has 0 spiro atoms. The second-order valence-electron chi connectivity index (χ2n) is 7.63. The predicted molar refractivity (Wildman–Crippen MR) is 126 cm³/mol. The van der Waals surface area contributed by atoms with E-state index < -0.39 is 5.67 Å². The number of pyridine rings is 1. The highest BCUT2D eigenvalue weighted by Gasteiger charge is 2.18. The molecule has 0 saturated carbocycles. The lowest BCUT2D eigenvalue weighted by atomic mass is 10.0. The standard InChI is InChI=1S/C21H25FN6O.C2H6/c1-21(2,22)14-3-5-15(6-4-14)25-20(29)26-17-13-24-16-7-8-18(27-19(16)17)28-11-9-23-10-12-28;1-2/h3-8,13,23-24H,9-12H2,1-2H3,(H2,25,26,29);1-2H3. The fourth-order valence-corrected chi connectivity index (χ4v) is 3.39. The summed E-state index contributed by atoms with van der Waals surface area (Å²) in [5, 5.41) is 8.94. The van der Waals surface area contributed by atoms with Crippen molar-refractivity contribution in [3.05, 3.63) is 48.2 Å². The fraction of sp³-hybridized carbons (Fsp3) is 0.391. The van der Waals surface area contributed by atoms with Gasteiger partial charge in [0, 0.05) is 38.1 Å². The first kappa shape index (κ1) is 22.6. The molecule has 1 saturated heterocycles. The minimum absolute atomic E-state index is 0.382. The van der Waals surface area contributed by atoms with Crippen LogP contribution in [0.1, 0.15) is 33.3 Å². The van der Waals surface area contributed by atoms with E-state index in [1.54, 1.807) is 30.5 Å². The van der Waals surface area contributed by atoms with E-state index in [1.807, 2.05) is 26.0 Å². The van der Waals surface area contributed by atoms with Crippen molar-refractivity contribution in [1.29, 1.82) is 0 Å². The van der Waals surface area contributed by atoms with Gasteiger partial charge < -0.3 is 25.8 Å². The normalized spacial score (nSPS) is 14.0. The van der Waals surface area contributed by atoms with Gasteiger partial charge in [0.2, 0.25) is 0 Å². The molecule has 0 radical (unpaired) electrons. The highest BCUT2D eigenvalue weighted by Crippen LogP contribution is 2.27. The number of urea groups is 1. The smallest absolute Gasteiger partial charge is 0.323 e. The van der Waals surface area contributed by atoms with Crippen molar-refractivity contribution in [1.82, 2.24) is 15.3 Å². The van der Waals surface area contributed by atoms with E-state index in [2.05, 4.69) is 25.8 Å². The fourth-order valence-electron chi connectivity index (χ4n) is 3.39. The largest absolute Gasteiger partial charge is 0.358 e. The first-order chi connectivity index (χ1) is 14.9. The molecule has 0 atom stereocenters. The SMILES string of the molecule is CC.CC(C)(F)c1ccc(NC(=O)Nc2c[nH]c3ccc(N4CCNCC4)nc23)cc1. The first-order valence-electron chi connectivity index (χ1n) is 10.7. The molecular formula is C23H31FN6O. The van der Waals surface area contributed by atoms with Crippen molar-refractivity contribution in [2.45, 2.75) is 33.4 Å². The van der Waals surface area contributed by atoms with E-state index in [1.165, 1.54) is 13.8 Å². The van der Waals surface area contributed by atoms with Crippen LogP contribution < -0.4 is 20.9 Å². The minimum atomic E-state index is -1.42. The highest BCUT2D eigenvalue weighted by atomic mass is 19.1. The Hall–Kier alpha value is -3.13. The zero-order valence-corrected chi connectivity index (χ0v) is 18.6. The number of piperazine rings is 1. The third kappa shape index (κ3) is 5.52. The quantitative estimate of drug-likeness (QED) is 0.481. The number of rotatable bonds is 4. The molecule has 1 aliphatic heterocycles. The van der Waals surface area contributed by atoms with Crippen LogP contribution >= 0.6 is 0 Å². The summed E-state index contributed by atoms with van der Waals surface area (Å²) in [6.07, 6.45) is 1.73. The molecule has 4 N–H and O–H groups in total. The van der Waals surface area contributed by atoms with Gasteiger partial charge in [-0.15, -0.1) is 0 Å². The lowest BCUT2D eigenvalue weighted by Crippen LogP contribution is -2.43. The van der Waals surface area contributed by atoms with E-state index in [-0.39, 0.29) is 6.03 Å². The van der Waals surface area contributed by atoms with Crippen LogP contribution in [0.3, 0.4) is 0 Å². The summed E-state index contributed by atoms with van der Waals surface area (Å²) in [7, 11) is 0. The monoisotopic (exact) mass is 426 g/mol. The molecular weight excluding hydrogens is 395 g/mol. The van der Waals surface area contributed by atoms with Crippen LogP contribution in [0.15, 0.2) is 42.6 Å². The number of anilines is 3. The molecule has 7 nitrogen and oxygen atoms in total. The van der Waals surface area contributed by atoms with Crippen LogP contribution in [-0.2, 0) is 5.67 Å². The van der Waals surface area contributed by atoms with E-state index in [9.17, 15) is 9.18 Å². The molecule has 0 bridgehead atoms. The van der Waals surface area contributed by atoms with Gasteiger partial charge in [0.15, 0.2) is 0 Å². The summed E-state index contributed by atoms with van der Waals surface area (Å²) in [5.41, 5.74) is 1.91. The summed E-state index contributed by atoms with van der Waals surface area (Å²) in [6, 6.07) is 10.3. The van der Waals surface area contributed by atoms with Gasteiger partial charge in [0.1, 0.15) is 17.0 Å². The van der Waals surface area contributed by atoms with Crippen molar-refractivity contribution < 1.29 is 9.18 Å². The van der Waals surface area contributed by atoms with E-state index in [0.717, 1.165) is 37.5 Å². The molecule has 3 heterocycles. The number of aromatic amines is 1. The van der Waals surface area contributed by atoms with Crippen LogP contribution in [0.4, 0.5) is 26.4 Å². The van der Waals surface area contributed by atoms with E-state index in [4.69, 9.17) is 4.98 Å². The molecule has 1 fully saturated rings. The molecule has 166 valence electrons. The Bertz CT molecular complexity index is 1000. The summed E-state index contributed by atoms with van der Waals surface area (Å²) < 4.78 is 14.0. The zero-order valence-electron chi connectivity index (χ0n) is 18.6. The first-order valence-corrected chi connectivity index (χ1v) is 10.7. The summed E-state index contributed by atoms with van der Waals surface area (Å²) in [6.45, 7) is 10.7. The Morgan fingerprint density at radius 2 is 1.74 bits per heavy atom. The van der Waals surface area contributed by atoms with Gasteiger partial charge in [0.25, 0.3) is 0 Å². The number of fused-ring (bicyclic) bond motifs is 1. The van der Waals surface area contributed by atoms with Crippen molar-refractivity contribution in [2.24, 2.45) is 0 Å². The topological polar surface area (TPSA) is 85.1 Å². The average Bonchev–Trinajstić information content (AvgIpc) is 3.17. The zero-order chi connectivity index (χ0) is 22.4. The second kappa shape index (κ2) is 9.78. The van der Waals surface area contributed by atoms with Gasteiger partial charge in [-0.3, -0.25) is 0 Å². The predicted octanol–water partition coefficient (Wildman–Crippen LogP) is 4.85.